The molecule has 4 nitrogen and oxygen atoms in total. The molecule has 4 heteroatoms. The lowest BCUT2D eigenvalue weighted by Gasteiger charge is -2.25. The fourth-order valence-corrected chi connectivity index (χ4v) is 2.12. The van der Waals surface area contributed by atoms with E-state index >= 15 is 0 Å². The van der Waals surface area contributed by atoms with Crippen LogP contribution in [0, 0.1) is 0 Å². The third kappa shape index (κ3) is 2.90. The number of aryl methyl sites for hydroxylation is 1. The molecule has 0 radical (unpaired) electrons. The molecule has 0 bridgehead atoms. The SMILES string of the molecule is CN(CC(N)CN)c1ccc2c(c1)CCCO2. The zero-order valence-corrected chi connectivity index (χ0v) is 10.4. The number of likely N-dealkylation sites (N-methyl/N-ethyl adjacent to an activating group) is 1. The summed E-state index contributed by atoms with van der Waals surface area (Å²) in [7, 11) is 2.04. The van der Waals surface area contributed by atoms with Crippen LogP contribution in [0.15, 0.2) is 18.2 Å². The fourth-order valence-electron chi connectivity index (χ4n) is 2.12. The predicted molar refractivity (Wildman–Crippen MR) is 70.6 cm³/mol. The minimum atomic E-state index is 0.0206. The second kappa shape index (κ2) is 5.38. The van der Waals surface area contributed by atoms with Gasteiger partial charge in [0.15, 0.2) is 0 Å². The topological polar surface area (TPSA) is 64.5 Å². The summed E-state index contributed by atoms with van der Waals surface area (Å²) in [5.74, 6) is 1.02. The standard InChI is InChI=1S/C13H21N3O/c1-16(9-11(15)8-14)12-4-5-13-10(7-12)3-2-6-17-13/h4-5,7,11H,2-3,6,8-9,14-15H2,1H3. The Morgan fingerprint density at radius 3 is 3.06 bits per heavy atom. The van der Waals surface area contributed by atoms with Crippen molar-refractivity contribution in [1.82, 2.24) is 0 Å². The van der Waals surface area contributed by atoms with E-state index in [1.807, 2.05) is 13.1 Å². The van der Waals surface area contributed by atoms with E-state index in [9.17, 15) is 0 Å². The normalized spacial score (nSPS) is 15.9. The van der Waals surface area contributed by atoms with Gasteiger partial charge in [0.25, 0.3) is 0 Å². The number of hydrogen-bond donors (Lipinski definition) is 2. The van der Waals surface area contributed by atoms with Gasteiger partial charge in [-0.15, -0.1) is 0 Å². The summed E-state index contributed by atoms with van der Waals surface area (Å²) in [5.41, 5.74) is 13.9. The van der Waals surface area contributed by atoms with Crippen LogP contribution in [-0.2, 0) is 6.42 Å². The van der Waals surface area contributed by atoms with E-state index in [0.29, 0.717) is 6.54 Å². The van der Waals surface area contributed by atoms with Gasteiger partial charge in [0.05, 0.1) is 6.61 Å². The molecule has 1 atom stereocenters. The molecule has 1 aliphatic rings. The number of nitrogens with two attached hydrogens (primary N) is 2. The largest absolute Gasteiger partial charge is 0.493 e. The highest BCUT2D eigenvalue weighted by molar-refractivity contribution is 5.53. The van der Waals surface area contributed by atoms with Crippen molar-refractivity contribution in [2.24, 2.45) is 11.5 Å². The highest BCUT2D eigenvalue weighted by atomic mass is 16.5. The van der Waals surface area contributed by atoms with Crippen molar-refractivity contribution >= 4 is 5.69 Å². The lowest BCUT2D eigenvalue weighted by Crippen LogP contribution is -2.40. The van der Waals surface area contributed by atoms with Crippen LogP contribution in [0.4, 0.5) is 5.69 Å². The van der Waals surface area contributed by atoms with Crippen LogP contribution in [-0.4, -0.2) is 32.8 Å². The van der Waals surface area contributed by atoms with Gasteiger partial charge in [-0.3, -0.25) is 0 Å². The summed E-state index contributed by atoms with van der Waals surface area (Å²) < 4.78 is 5.60. The Bertz CT molecular complexity index is 381. The molecule has 0 aromatic heterocycles. The van der Waals surface area contributed by atoms with Gasteiger partial charge in [0, 0.05) is 31.9 Å². The van der Waals surface area contributed by atoms with Gasteiger partial charge >= 0.3 is 0 Å². The molecule has 4 N–H and O–H groups in total. The summed E-state index contributed by atoms with van der Waals surface area (Å²) in [5, 5.41) is 0. The highest BCUT2D eigenvalue weighted by Crippen LogP contribution is 2.28. The van der Waals surface area contributed by atoms with Gasteiger partial charge in [0.2, 0.25) is 0 Å². The maximum absolute atomic E-state index is 5.86. The summed E-state index contributed by atoms with van der Waals surface area (Å²) >= 11 is 0. The number of hydrogen-bond acceptors (Lipinski definition) is 4. The van der Waals surface area contributed by atoms with Crippen LogP contribution in [0.1, 0.15) is 12.0 Å². The summed E-state index contributed by atoms with van der Waals surface area (Å²) in [6.07, 6.45) is 2.20. The average molecular weight is 235 g/mol. The second-order valence-electron chi connectivity index (χ2n) is 4.62. The van der Waals surface area contributed by atoms with Crippen molar-refractivity contribution in [3.63, 3.8) is 0 Å². The molecule has 17 heavy (non-hydrogen) atoms. The first-order valence-corrected chi connectivity index (χ1v) is 6.13. The fraction of sp³-hybridized carbons (Fsp3) is 0.538. The summed E-state index contributed by atoms with van der Waals surface area (Å²) in [6, 6.07) is 6.34. The minimum Gasteiger partial charge on any atom is -0.493 e. The maximum Gasteiger partial charge on any atom is 0.122 e. The van der Waals surface area contributed by atoms with Gasteiger partial charge in [-0.1, -0.05) is 0 Å². The number of nitrogens with zero attached hydrogens (tertiary/aromatic N) is 1. The highest BCUT2D eigenvalue weighted by Gasteiger charge is 2.12. The first-order valence-electron chi connectivity index (χ1n) is 6.13. The third-order valence-electron chi connectivity index (χ3n) is 3.14. The van der Waals surface area contributed by atoms with Crippen molar-refractivity contribution < 1.29 is 4.74 Å². The van der Waals surface area contributed by atoms with Crippen molar-refractivity contribution in [2.75, 3.05) is 31.6 Å². The van der Waals surface area contributed by atoms with Crippen LogP contribution >= 0.6 is 0 Å². The number of anilines is 1. The molecule has 0 aliphatic carbocycles. The van der Waals surface area contributed by atoms with E-state index in [2.05, 4.69) is 17.0 Å². The Labute approximate surface area is 103 Å². The summed E-state index contributed by atoms with van der Waals surface area (Å²) in [6.45, 7) is 2.12. The molecule has 1 aromatic rings. The van der Waals surface area contributed by atoms with Gasteiger partial charge in [0.1, 0.15) is 5.75 Å². The quantitative estimate of drug-likeness (QED) is 0.807. The summed E-state index contributed by atoms with van der Waals surface area (Å²) in [4.78, 5) is 2.15. The van der Waals surface area contributed by atoms with Crippen LogP contribution in [0.2, 0.25) is 0 Å². The molecule has 1 unspecified atom stereocenters. The van der Waals surface area contributed by atoms with E-state index in [0.717, 1.165) is 31.7 Å². The molecule has 0 amide bonds. The Morgan fingerprint density at radius 2 is 2.29 bits per heavy atom. The zero-order valence-electron chi connectivity index (χ0n) is 10.4. The van der Waals surface area contributed by atoms with Crippen LogP contribution in [0.3, 0.4) is 0 Å². The molecule has 0 saturated carbocycles. The van der Waals surface area contributed by atoms with Crippen molar-refractivity contribution in [3.8, 4) is 5.75 Å². The zero-order chi connectivity index (χ0) is 12.3. The molecule has 1 aromatic carbocycles. The third-order valence-corrected chi connectivity index (χ3v) is 3.14. The smallest absolute Gasteiger partial charge is 0.122 e. The molecular formula is C13H21N3O. The molecular weight excluding hydrogens is 214 g/mol. The molecule has 94 valence electrons. The van der Waals surface area contributed by atoms with E-state index in [1.54, 1.807) is 0 Å². The maximum atomic E-state index is 5.86. The monoisotopic (exact) mass is 235 g/mol. The first-order chi connectivity index (χ1) is 8.20. The van der Waals surface area contributed by atoms with Crippen LogP contribution in [0.25, 0.3) is 0 Å². The van der Waals surface area contributed by atoms with Gasteiger partial charge in [-0.25, -0.2) is 0 Å². The molecule has 0 fully saturated rings. The van der Waals surface area contributed by atoms with Crippen LogP contribution < -0.4 is 21.1 Å². The van der Waals surface area contributed by atoms with Crippen molar-refractivity contribution in [2.45, 2.75) is 18.9 Å². The predicted octanol–water partition coefficient (Wildman–Crippen LogP) is 0.734. The van der Waals surface area contributed by atoms with E-state index in [1.165, 1.54) is 11.3 Å². The lowest BCUT2D eigenvalue weighted by molar-refractivity contribution is 0.288. The Kier molecular flexibility index (Phi) is 3.86. The number of rotatable bonds is 4. The van der Waals surface area contributed by atoms with Gasteiger partial charge in [-0.05, 0) is 36.6 Å². The van der Waals surface area contributed by atoms with E-state index in [4.69, 9.17) is 16.2 Å². The first kappa shape index (κ1) is 12.2. The van der Waals surface area contributed by atoms with Gasteiger partial charge < -0.3 is 21.1 Å². The molecule has 0 saturated heterocycles. The molecule has 1 aliphatic heterocycles. The Balaban J connectivity index is 2.10. The molecule has 1 heterocycles. The molecule has 0 spiro atoms. The van der Waals surface area contributed by atoms with Crippen LogP contribution in [0.5, 0.6) is 5.75 Å². The van der Waals surface area contributed by atoms with E-state index < -0.39 is 0 Å². The lowest BCUT2D eigenvalue weighted by atomic mass is 10.1. The minimum absolute atomic E-state index is 0.0206. The van der Waals surface area contributed by atoms with Crippen molar-refractivity contribution in [1.29, 1.82) is 0 Å². The van der Waals surface area contributed by atoms with E-state index in [-0.39, 0.29) is 6.04 Å². The average Bonchev–Trinajstić information content (AvgIpc) is 2.38. The number of benzene rings is 1. The number of fused-ring (bicyclic) bond motifs is 1. The molecule has 2 rings (SSSR count). The van der Waals surface area contributed by atoms with Crippen molar-refractivity contribution in [3.05, 3.63) is 23.8 Å². The Morgan fingerprint density at radius 1 is 1.47 bits per heavy atom. The van der Waals surface area contributed by atoms with Gasteiger partial charge in [-0.2, -0.15) is 0 Å². The second-order valence-corrected chi connectivity index (χ2v) is 4.62. The number of ether oxygens (including phenoxy) is 1. The Hall–Kier alpha value is -1.26.